The van der Waals surface area contributed by atoms with Crippen LogP contribution in [-0.4, -0.2) is 19.9 Å². The van der Waals surface area contributed by atoms with E-state index in [9.17, 15) is 0 Å². The minimum Gasteiger partial charge on any atom is -0.353 e. The van der Waals surface area contributed by atoms with Crippen molar-refractivity contribution in [3.8, 4) is 11.6 Å². The van der Waals surface area contributed by atoms with Gasteiger partial charge in [-0.25, -0.2) is 0 Å². The summed E-state index contributed by atoms with van der Waals surface area (Å²) in [5, 5.41) is 10.7. The molecule has 2 rings (SSSR count). The maximum atomic E-state index is 5.15. The molecule has 2 heterocycles. The van der Waals surface area contributed by atoms with Crippen molar-refractivity contribution >= 4 is 12.2 Å². The van der Waals surface area contributed by atoms with Crippen LogP contribution in [-0.2, 0) is 0 Å². The van der Waals surface area contributed by atoms with Crippen LogP contribution >= 0.6 is 12.2 Å². The number of nitrogens with one attached hydrogen (secondary N) is 1. The summed E-state index contributed by atoms with van der Waals surface area (Å²) in [5.74, 6) is 1.32. The quantitative estimate of drug-likeness (QED) is 0.796. The van der Waals surface area contributed by atoms with Crippen molar-refractivity contribution in [2.24, 2.45) is 0 Å². The molecule has 0 saturated carbocycles. The number of aryl methyl sites for hydroxylation is 1. The molecule has 2 aromatic heterocycles. The fourth-order valence-corrected chi connectivity index (χ4v) is 1.77. The third-order valence-electron chi connectivity index (χ3n) is 2.07. The van der Waals surface area contributed by atoms with Gasteiger partial charge >= 0.3 is 0 Å². The van der Waals surface area contributed by atoms with Crippen molar-refractivity contribution in [1.82, 2.24) is 19.9 Å². The van der Waals surface area contributed by atoms with Gasteiger partial charge in [0.15, 0.2) is 4.77 Å². The van der Waals surface area contributed by atoms with Gasteiger partial charge in [0.2, 0.25) is 11.6 Å². The average Bonchev–Trinajstić information content (AvgIpc) is 2.71. The van der Waals surface area contributed by atoms with E-state index in [1.807, 2.05) is 31.4 Å². The fourth-order valence-electron chi connectivity index (χ4n) is 1.43. The minimum atomic E-state index is 0.233. The molecule has 0 aliphatic carbocycles. The van der Waals surface area contributed by atoms with E-state index in [1.165, 1.54) is 0 Å². The van der Waals surface area contributed by atoms with Gasteiger partial charge in [-0.2, -0.15) is 5.10 Å². The van der Waals surface area contributed by atoms with Crippen molar-refractivity contribution in [3.63, 3.8) is 0 Å². The summed E-state index contributed by atoms with van der Waals surface area (Å²) in [4.78, 5) is 0. The lowest BCUT2D eigenvalue weighted by Crippen LogP contribution is -2.02. The maximum absolute atomic E-state index is 5.15. The summed E-state index contributed by atoms with van der Waals surface area (Å²) in [7, 11) is 0. The molecule has 0 radical (unpaired) electrons. The van der Waals surface area contributed by atoms with E-state index in [-0.39, 0.29) is 6.04 Å². The summed E-state index contributed by atoms with van der Waals surface area (Å²) in [6, 6.07) is 2.07. The Hall–Kier alpha value is -1.43. The largest absolute Gasteiger partial charge is 0.353 e. The summed E-state index contributed by atoms with van der Waals surface area (Å²) in [6.45, 7) is 5.95. The van der Waals surface area contributed by atoms with Crippen molar-refractivity contribution in [2.45, 2.75) is 26.8 Å². The molecule has 1 N–H and O–H groups in total. The number of nitrogens with zero attached hydrogens (tertiary/aromatic N) is 3. The number of aromatic amines is 1. The summed E-state index contributed by atoms with van der Waals surface area (Å²) < 4.78 is 7.64. The van der Waals surface area contributed by atoms with Gasteiger partial charge < -0.3 is 4.52 Å². The average molecular weight is 224 g/mol. The first-order chi connectivity index (χ1) is 7.09. The lowest BCUT2D eigenvalue weighted by Gasteiger charge is -2.07. The Balaban J connectivity index is 2.58. The van der Waals surface area contributed by atoms with Crippen LogP contribution in [0.15, 0.2) is 10.6 Å². The molecular weight excluding hydrogens is 212 g/mol. The zero-order valence-electron chi connectivity index (χ0n) is 8.81. The first-order valence-corrected chi connectivity index (χ1v) is 5.11. The normalized spacial score (nSPS) is 11.2. The second-order valence-electron chi connectivity index (χ2n) is 3.65. The zero-order chi connectivity index (χ0) is 11.0. The SMILES string of the molecule is Cc1cc(-c2n[nH]c(=S)n2C(C)C)on1. The lowest BCUT2D eigenvalue weighted by molar-refractivity contribution is 0.420. The molecule has 0 aliphatic heterocycles. The molecule has 0 aromatic carbocycles. The van der Waals surface area contributed by atoms with Crippen molar-refractivity contribution in [1.29, 1.82) is 0 Å². The smallest absolute Gasteiger partial charge is 0.204 e. The Kier molecular flexibility index (Phi) is 2.44. The lowest BCUT2D eigenvalue weighted by atomic mass is 10.3. The molecule has 0 atom stereocenters. The molecule has 0 amide bonds. The molecule has 80 valence electrons. The van der Waals surface area contributed by atoms with Crippen LogP contribution in [0.2, 0.25) is 0 Å². The van der Waals surface area contributed by atoms with Crippen LogP contribution in [0, 0.1) is 11.7 Å². The summed E-state index contributed by atoms with van der Waals surface area (Å²) in [5.41, 5.74) is 0.828. The zero-order valence-corrected chi connectivity index (χ0v) is 9.63. The monoisotopic (exact) mass is 224 g/mol. The Morgan fingerprint density at radius 2 is 2.27 bits per heavy atom. The van der Waals surface area contributed by atoms with E-state index in [4.69, 9.17) is 16.7 Å². The molecule has 0 bridgehead atoms. The summed E-state index contributed by atoms with van der Waals surface area (Å²) >= 11 is 5.14. The van der Waals surface area contributed by atoms with Crippen molar-refractivity contribution < 1.29 is 4.52 Å². The predicted octanol–water partition coefficient (Wildman–Crippen LogP) is 2.49. The van der Waals surface area contributed by atoms with Gasteiger partial charge in [-0.3, -0.25) is 9.67 Å². The topological polar surface area (TPSA) is 59.6 Å². The van der Waals surface area contributed by atoms with E-state index < -0.39 is 0 Å². The highest BCUT2D eigenvalue weighted by Gasteiger charge is 2.15. The van der Waals surface area contributed by atoms with Crippen LogP contribution in [0.1, 0.15) is 25.6 Å². The van der Waals surface area contributed by atoms with Gasteiger partial charge in [-0.05, 0) is 33.0 Å². The number of hydrogen-bond donors (Lipinski definition) is 1. The Labute approximate surface area is 92.1 Å². The van der Waals surface area contributed by atoms with Crippen molar-refractivity contribution in [2.75, 3.05) is 0 Å². The van der Waals surface area contributed by atoms with E-state index >= 15 is 0 Å². The third-order valence-corrected chi connectivity index (χ3v) is 2.36. The van der Waals surface area contributed by atoms with Gasteiger partial charge in [0, 0.05) is 12.1 Å². The second-order valence-corrected chi connectivity index (χ2v) is 4.04. The highest BCUT2D eigenvalue weighted by atomic mass is 32.1. The highest BCUT2D eigenvalue weighted by molar-refractivity contribution is 7.71. The maximum Gasteiger partial charge on any atom is 0.204 e. The van der Waals surface area contributed by atoms with Crippen LogP contribution in [0.4, 0.5) is 0 Å². The van der Waals surface area contributed by atoms with Crippen molar-refractivity contribution in [3.05, 3.63) is 16.5 Å². The molecular formula is C9H12N4OS. The molecule has 0 fully saturated rings. The highest BCUT2D eigenvalue weighted by Crippen LogP contribution is 2.21. The van der Waals surface area contributed by atoms with E-state index in [2.05, 4.69) is 15.4 Å². The van der Waals surface area contributed by atoms with E-state index in [0.29, 0.717) is 16.4 Å². The Morgan fingerprint density at radius 1 is 1.53 bits per heavy atom. The van der Waals surface area contributed by atoms with Crippen LogP contribution < -0.4 is 0 Å². The second kappa shape index (κ2) is 3.62. The molecule has 0 saturated heterocycles. The molecule has 2 aromatic rings. The molecule has 0 aliphatic rings. The number of hydrogen-bond acceptors (Lipinski definition) is 4. The first kappa shape index (κ1) is 10.1. The van der Waals surface area contributed by atoms with E-state index in [1.54, 1.807) is 0 Å². The number of H-pyrrole nitrogens is 1. The standard InChI is InChI=1S/C9H12N4OS/c1-5(2)13-8(10-11-9(13)15)7-4-6(3)12-14-7/h4-5H,1-3H3,(H,11,15). The van der Waals surface area contributed by atoms with Gasteiger partial charge in [0.25, 0.3) is 0 Å². The van der Waals surface area contributed by atoms with E-state index in [0.717, 1.165) is 5.69 Å². The summed E-state index contributed by atoms with van der Waals surface area (Å²) in [6.07, 6.45) is 0. The van der Waals surface area contributed by atoms with Crippen LogP contribution in [0.25, 0.3) is 11.6 Å². The van der Waals surface area contributed by atoms with Gasteiger partial charge in [-0.15, -0.1) is 0 Å². The van der Waals surface area contributed by atoms with Gasteiger partial charge in [0.05, 0.1) is 5.69 Å². The number of aromatic nitrogens is 4. The third kappa shape index (κ3) is 1.72. The minimum absolute atomic E-state index is 0.233. The molecule has 0 unspecified atom stereocenters. The Morgan fingerprint density at radius 3 is 2.80 bits per heavy atom. The van der Waals surface area contributed by atoms with Crippen LogP contribution in [0.3, 0.4) is 0 Å². The number of rotatable bonds is 2. The molecule has 5 nitrogen and oxygen atoms in total. The van der Waals surface area contributed by atoms with Gasteiger partial charge in [0.1, 0.15) is 0 Å². The Bertz CT molecular complexity index is 522. The van der Waals surface area contributed by atoms with Crippen LogP contribution in [0.5, 0.6) is 0 Å². The predicted molar refractivity (Wildman–Crippen MR) is 58.0 cm³/mol. The first-order valence-electron chi connectivity index (χ1n) is 4.70. The molecule has 15 heavy (non-hydrogen) atoms. The molecule has 6 heteroatoms. The fraction of sp³-hybridized carbons (Fsp3) is 0.444. The molecule has 0 spiro atoms. The van der Waals surface area contributed by atoms with Gasteiger partial charge in [-0.1, -0.05) is 5.16 Å².